The van der Waals surface area contributed by atoms with Gasteiger partial charge >= 0.3 is 0 Å². The summed E-state index contributed by atoms with van der Waals surface area (Å²) >= 11 is 0. The highest BCUT2D eigenvalue weighted by atomic mass is 16.5. The van der Waals surface area contributed by atoms with Crippen molar-refractivity contribution in [3.63, 3.8) is 0 Å². The van der Waals surface area contributed by atoms with Crippen LogP contribution in [0, 0.1) is 0 Å². The molecular weight excluding hydrogens is 280 g/mol. The smallest absolute Gasteiger partial charge is 0.162 e. The van der Waals surface area contributed by atoms with Crippen LogP contribution in [0.2, 0.25) is 0 Å². The monoisotopic (exact) mass is 318 g/mol. The summed E-state index contributed by atoms with van der Waals surface area (Å²) in [6.45, 7) is 4.20. The Balaban J connectivity index is 3.59. The summed E-state index contributed by atoms with van der Waals surface area (Å²) in [5.74, 6) is -3.04. The van der Waals surface area contributed by atoms with Crippen molar-refractivity contribution in [3.05, 3.63) is 0 Å². The van der Waals surface area contributed by atoms with Crippen LogP contribution in [0.5, 0.6) is 0 Å². The second kappa shape index (κ2) is 12.3. The largest absolute Gasteiger partial charge is 0.366 e. The van der Waals surface area contributed by atoms with E-state index in [-0.39, 0.29) is 0 Å². The van der Waals surface area contributed by atoms with Crippen LogP contribution in [0.3, 0.4) is 0 Å². The second-order valence-corrected chi connectivity index (χ2v) is 6.79. The van der Waals surface area contributed by atoms with Gasteiger partial charge in [-0.25, -0.2) is 0 Å². The maximum absolute atomic E-state index is 9.82. The van der Waals surface area contributed by atoms with Crippen molar-refractivity contribution >= 4 is 0 Å². The van der Waals surface area contributed by atoms with Crippen molar-refractivity contribution in [2.75, 3.05) is 0 Å². The molecule has 4 nitrogen and oxygen atoms in total. The molecule has 0 aromatic rings. The number of unbranched alkanes of at least 4 members (excludes halogenated alkanes) is 7. The number of hydrogen-bond donors (Lipinski definition) is 4. The predicted octanol–water partition coefficient (Wildman–Crippen LogP) is 3.85. The van der Waals surface area contributed by atoms with Crippen LogP contribution in [0.1, 0.15) is 104 Å². The van der Waals surface area contributed by atoms with Crippen molar-refractivity contribution in [1.82, 2.24) is 0 Å². The third-order valence-corrected chi connectivity index (χ3v) is 4.27. The Morgan fingerprint density at radius 1 is 0.455 bits per heavy atom. The molecule has 0 spiro atoms. The predicted molar refractivity (Wildman–Crippen MR) is 90.3 cm³/mol. The molecule has 0 heterocycles. The van der Waals surface area contributed by atoms with E-state index in [1.807, 2.05) is 0 Å². The summed E-state index contributed by atoms with van der Waals surface area (Å²) in [5.41, 5.74) is 0. The van der Waals surface area contributed by atoms with E-state index in [1.165, 1.54) is 0 Å². The molecule has 22 heavy (non-hydrogen) atoms. The normalized spacial score (nSPS) is 12.8. The molecule has 4 N–H and O–H groups in total. The Morgan fingerprint density at radius 2 is 0.727 bits per heavy atom. The molecule has 0 saturated carbocycles. The molecule has 0 amide bonds. The first-order valence-corrected chi connectivity index (χ1v) is 9.22. The first kappa shape index (κ1) is 21.8. The quantitative estimate of drug-likeness (QED) is 0.273. The molecule has 0 aliphatic rings. The lowest BCUT2D eigenvalue weighted by Crippen LogP contribution is -2.28. The van der Waals surface area contributed by atoms with Crippen LogP contribution < -0.4 is 0 Å². The molecule has 0 unspecified atom stereocenters. The SMILES string of the molecule is CCCCCC(O)(O)CCCCCCC(O)(O)CCCCC. The third kappa shape index (κ3) is 13.5. The summed E-state index contributed by atoms with van der Waals surface area (Å²) in [6.07, 6.45) is 11.1. The molecule has 0 radical (unpaired) electrons. The molecule has 0 rings (SSSR count). The minimum atomic E-state index is -1.52. The minimum absolute atomic E-state index is 0.413. The van der Waals surface area contributed by atoms with E-state index in [1.54, 1.807) is 0 Å². The van der Waals surface area contributed by atoms with Crippen LogP contribution in [-0.2, 0) is 0 Å². The third-order valence-electron chi connectivity index (χ3n) is 4.27. The van der Waals surface area contributed by atoms with E-state index in [4.69, 9.17) is 0 Å². The molecule has 4 heteroatoms. The van der Waals surface area contributed by atoms with Crippen LogP contribution >= 0.6 is 0 Å². The Labute approximate surface area is 136 Å². The highest BCUT2D eigenvalue weighted by molar-refractivity contribution is 4.67. The first-order valence-electron chi connectivity index (χ1n) is 9.22. The lowest BCUT2D eigenvalue weighted by molar-refractivity contribution is -0.174. The van der Waals surface area contributed by atoms with E-state index >= 15 is 0 Å². The zero-order valence-corrected chi connectivity index (χ0v) is 14.7. The Kier molecular flexibility index (Phi) is 12.2. The van der Waals surface area contributed by atoms with Crippen LogP contribution in [0.15, 0.2) is 0 Å². The van der Waals surface area contributed by atoms with Gasteiger partial charge in [0, 0.05) is 25.7 Å². The van der Waals surface area contributed by atoms with Crippen LogP contribution in [-0.4, -0.2) is 32.0 Å². The lowest BCUT2D eigenvalue weighted by atomic mass is 9.98. The van der Waals surface area contributed by atoms with Crippen molar-refractivity contribution in [2.45, 2.75) is 115 Å². The minimum Gasteiger partial charge on any atom is -0.366 e. The second-order valence-electron chi connectivity index (χ2n) is 6.79. The van der Waals surface area contributed by atoms with Gasteiger partial charge < -0.3 is 20.4 Å². The molecule has 0 bridgehead atoms. The van der Waals surface area contributed by atoms with Crippen molar-refractivity contribution in [2.24, 2.45) is 0 Å². The summed E-state index contributed by atoms with van der Waals surface area (Å²) in [4.78, 5) is 0. The molecule has 0 aromatic carbocycles. The van der Waals surface area contributed by atoms with Gasteiger partial charge in [-0.1, -0.05) is 52.4 Å². The van der Waals surface area contributed by atoms with Gasteiger partial charge in [-0.3, -0.25) is 0 Å². The topological polar surface area (TPSA) is 80.9 Å². The summed E-state index contributed by atoms with van der Waals surface area (Å²) in [7, 11) is 0. The molecule has 0 fully saturated rings. The van der Waals surface area contributed by atoms with Gasteiger partial charge in [0.1, 0.15) is 0 Å². The number of aliphatic hydroxyl groups is 4. The van der Waals surface area contributed by atoms with Gasteiger partial charge in [-0.15, -0.1) is 0 Å². The molecule has 0 aliphatic carbocycles. The molecule has 134 valence electrons. The fourth-order valence-electron chi connectivity index (χ4n) is 2.74. The number of hydrogen-bond acceptors (Lipinski definition) is 4. The van der Waals surface area contributed by atoms with Crippen LogP contribution in [0.4, 0.5) is 0 Å². The van der Waals surface area contributed by atoms with Crippen molar-refractivity contribution in [3.8, 4) is 0 Å². The van der Waals surface area contributed by atoms with E-state index < -0.39 is 11.6 Å². The van der Waals surface area contributed by atoms with E-state index in [9.17, 15) is 20.4 Å². The fourth-order valence-corrected chi connectivity index (χ4v) is 2.74. The summed E-state index contributed by atoms with van der Waals surface area (Å²) in [5, 5.41) is 39.3. The average molecular weight is 318 g/mol. The van der Waals surface area contributed by atoms with Gasteiger partial charge in [-0.2, -0.15) is 0 Å². The number of rotatable bonds is 15. The van der Waals surface area contributed by atoms with E-state index in [0.29, 0.717) is 25.7 Å². The molecule has 0 aliphatic heterocycles. The van der Waals surface area contributed by atoms with Gasteiger partial charge in [0.15, 0.2) is 11.6 Å². The molecule has 0 atom stereocenters. The van der Waals surface area contributed by atoms with Crippen molar-refractivity contribution < 1.29 is 20.4 Å². The Bertz CT molecular complexity index is 225. The molecule has 0 saturated heterocycles. The Morgan fingerprint density at radius 3 is 1.00 bits per heavy atom. The maximum atomic E-state index is 9.82. The van der Waals surface area contributed by atoms with Crippen molar-refractivity contribution in [1.29, 1.82) is 0 Å². The van der Waals surface area contributed by atoms with Gasteiger partial charge in [0.2, 0.25) is 0 Å². The average Bonchev–Trinajstić information content (AvgIpc) is 2.43. The first-order chi connectivity index (χ1) is 10.3. The van der Waals surface area contributed by atoms with Gasteiger partial charge in [0.05, 0.1) is 0 Å². The van der Waals surface area contributed by atoms with Gasteiger partial charge in [-0.05, 0) is 25.7 Å². The summed E-state index contributed by atoms with van der Waals surface area (Å²) < 4.78 is 0. The van der Waals surface area contributed by atoms with Crippen LogP contribution in [0.25, 0.3) is 0 Å². The molecule has 0 aromatic heterocycles. The lowest BCUT2D eigenvalue weighted by Gasteiger charge is -2.22. The van der Waals surface area contributed by atoms with Gasteiger partial charge in [0.25, 0.3) is 0 Å². The van der Waals surface area contributed by atoms with E-state index in [2.05, 4.69) is 13.8 Å². The highest BCUT2D eigenvalue weighted by Gasteiger charge is 2.22. The Hall–Kier alpha value is -0.160. The fraction of sp³-hybridized carbons (Fsp3) is 1.00. The zero-order valence-electron chi connectivity index (χ0n) is 14.7. The summed E-state index contributed by atoms with van der Waals surface area (Å²) in [6, 6.07) is 0. The maximum Gasteiger partial charge on any atom is 0.162 e. The zero-order chi connectivity index (χ0) is 16.9. The molecular formula is C18H38O4. The standard InChI is InChI=1S/C18H38O4/c1-3-5-9-13-17(19,20)15-11-7-8-12-16-18(21,22)14-10-6-4-2/h19-22H,3-16H2,1-2H3. The van der Waals surface area contributed by atoms with E-state index in [0.717, 1.165) is 64.2 Å². The highest BCUT2D eigenvalue weighted by Crippen LogP contribution is 2.22.